The molecule has 0 aromatic heterocycles. The van der Waals surface area contributed by atoms with Gasteiger partial charge in [-0.3, -0.25) is 14.6 Å². The number of benzene rings is 1. The fourth-order valence-corrected chi connectivity index (χ4v) is 2.10. The first-order valence-electron chi connectivity index (χ1n) is 8.38. The Bertz CT molecular complexity index is 589. The second-order valence-electron chi connectivity index (χ2n) is 5.66. The van der Waals surface area contributed by atoms with Crippen LogP contribution in [0.2, 0.25) is 0 Å². The Balaban J connectivity index is 0.00000625. The molecular weight excluding hydrogens is 447 g/mol. The maximum Gasteiger partial charge on any atom is 0.305 e. The highest BCUT2D eigenvalue weighted by Crippen LogP contribution is 2.06. The molecule has 0 saturated heterocycles. The van der Waals surface area contributed by atoms with Gasteiger partial charge in [-0.05, 0) is 31.0 Å². The van der Waals surface area contributed by atoms with Crippen LogP contribution in [0.25, 0.3) is 0 Å². The van der Waals surface area contributed by atoms with Gasteiger partial charge in [0.25, 0.3) is 5.91 Å². The van der Waals surface area contributed by atoms with Gasteiger partial charge in [-0.25, -0.2) is 0 Å². The van der Waals surface area contributed by atoms with Crippen molar-refractivity contribution in [2.24, 2.45) is 4.99 Å². The molecule has 1 aromatic carbocycles. The minimum atomic E-state index is -0.181. The van der Waals surface area contributed by atoms with Crippen molar-refractivity contribution in [2.75, 3.05) is 34.3 Å². The molecule has 0 unspecified atom stereocenters. The molecule has 1 aromatic rings. The average molecular weight is 476 g/mol. The van der Waals surface area contributed by atoms with Crippen molar-refractivity contribution in [2.45, 2.75) is 26.3 Å². The smallest absolute Gasteiger partial charge is 0.305 e. The van der Waals surface area contributed by atoms with Gasteiger partial charge in [-0.2, -0.15) is 0 Å². The molecule has 2 N–H and O–H groups in total. The lowest BCUT2D eigenvalue weighted by atomic mass is 10.1. The normalized spacial score (nSPS) is 10.5. The largest absolute Gasteiger partial charge is 0.466 e. The van der Waals surface area contributed by atoms with Crippen molar-refractivity contribution >= 4 is 41.8 Å². The first-order chi connectivity index (χ1) is 12.0. The van der Waals surface area contributed by atoms with E-state index in [-0.39, 0.29) is 35.9 Å². The molecule has 8 heteroatoms. The number of nitrogens with one attached hydrogen (secondary N) is 2. The lowest BCUT2D eigenvalue weighted by Gasteiger charge is -2.13. The molecular formula is C18H29IN4O3. The summed E-state index contributed by atoms with van der Waals surface area (Å²) in [6, 6.07) is 7.46. The fraction of sp³-hybridized carbons (Fsp3) is 0.500. The van der Waals surface area contributed by atoms with Crippen LogP contribution in [-0.2, 0) is 16.1 Å². The minimum Gasteiger partial charge on any atom is -0.466 e. The van der Waals surface area contributed by atoms with Gasteiger partial charge in [0.1, 0.15) is 0 Å². The van der Waals surface area contributed by atoms with Crippen molar-refractivity contribution in [1.29, 1.82) is 0 Å². The predicted molar refractivity (Wildman–Crippen MR) is 114 cm³/mol. The Labute approximate surface area is 172 Å². The summed E-state index contributed by atoms with van der Waals surface area (Å²) in [5, 5.41) is 6.35. The highest BCUT2D eigenvalue weighted by molar-refractivity contribution is 14.0. The average Bonchev–Trinajstić information content (AvgIpc) is 2.61. The van der Waals surface area contributed by atoms with Crippen molar-refractivity contribution in [3.63, 3.8) is 0 Å². The van der Waals surface area contributed by atoms with Crippen LogP contribution in [0.1, 0.15) is 35.7 Å². The van der Waals surface area contributed by atoms with E-state index in [1.807, 2.05) is 24.3 Å². The third kappa shape index (κ3) is 9.02. The third-order valence-electron chi connectivity index (χ3n) is 3.45. The Kier molecular flexibility index (Phi) is 12.4. The van der Waals surface area contributed by atoms with Crippen molar-refractivity contribution < 1.29 is 14.3 Å². The highest BCUT2D eigenvalue weighted by Gasteiger charge is 2.07. The van der Waals surface area contributed by atoms with Crippen LogP contribution in [0.4, 0.5) is 0 Å². The molecule has 1 amide bonds. The van der Waals surface area contributed by atoms with E-state index < -0.39 is 0 Å². The first-order valence-corrected chi connectivity index (χ1v) is 8.38. The number of nitrogens with zero attached hydrogens (tertiary/aromatic N) is 2. The van der Waals surface area contributed by atoms with Crippen LogP contribution in [0, 0.1) is 0 Å². The van der Waals surface area contributed by atoms with E-state index >= 15 is 0 Å². The monoisotopic (exact) mass is 476 g/mol. The number of carbonyl (C=O) groups is 2. The summed E-state index contributed by atoms with van der Waals surface area (Å²) in [6.07, 6.45) is 1.07. The molecule has 0 fully saturated rings. The summed E-state index contributed by atoms with van der Waals surface area (Å²) in [5.74, 6) is 0.468. The zero-order chi connectivity index (χ0) is 18.7. The van der Waals surface area contributed by atoms with Gasteiger partial charge in [0.2, 0.25) is 0 Å². The maximum atomic E-state index is 11.9. The van der Waals surface area contributed by atoms with Crippen LogP contribution in [0.5, 0.6) is 0 Å². The van der Waals surface area contributed by atoms with E-state index in [0.29, 0.717) is 44.1 Å². The number of halogens is 1. The third-order valence-corrected chi connectivity index (χ3v) is 3.45. The van der Waals surface area contributed by atoms with Crippen LogP contribution in [0.3, 0.4) is 0 Å². The van der Waals surface area contributed by atoms with E-state index in [1.165, 1.54) is 0 Å². The lowest BCUT2D eigenvalue weighted by Crippen LogP contribution is -2.37. The van der Waals surface area contributed by atoms with Crippen molar-refractivity contribution in [3.05, 3.63) is 35.4 Å². The first kappa shape index (κ1) is 24.2. The Hall–Kier alpha value is -1.84. The predicted octanol–water partition coefficient (Wildman–Crippen LogP) is 2.01. The second kappa shape index (κ2) is 13.4. The van der Waals surface area contributed by atoms with Gasteiger partial charge >= 0.3 is 5.97 Å². The van der Waals surface area contributed by atoms with Gasteiger partial charge < -0.3 is 20.3 Å². The number of rotatable bonds is 8. The minimum absolute atomic E-state index is 0. The van der Waals surface area contributed by atoms with Crippen LogP contribution < -0.4 is 10.6 Å². The standard InChI is InChI=1S/C18H28N4O3.HI/c1-5-25-16(23)7-6-12-20-18(19-2)21-13-14-8-10-15(11-9-14)17(24)22(3)4;/h8-11H,5-7,12-13H2,1-4H3,(H2,19,20,21);1H. The summed E-state index contributed by atoms with van der Waals surface area (Å²) < 4.78 is 4.88. The van der Waals surface area contributed by atoms with E-state index in [1.54, 1.807) is 33.0 Å². The zero-order valence-electron chi connectivity index (χ0n) is 15.9. The van der Waals surface area contributed by atoms with Crippen LogP contribution >= 0.6 is 24.0 Å². The molecule has 1 rings (SSSR count). The number of hydrogen-bond acceptors (Lipinski definition) is 4. The van der Waals surface area contributed by atoms with Gasteiger partial charge in [0.05, 0.1) is 6.61 Å². The molecule has 26 heavy (non-hydrogen) atoms. The second-order valence-corrected chi connectivity index (χ2v) is 5.66. The van der Waals surface area contributed by atoms with E-state index in [4.69, 9.17) is 4.74 Å². The number of hydrogen-bond donors (Lipinski definition) is 2. The van der Waals surface area contributed by atoms with Crippen LogP contribution in [-0.4, -0.2) is 57.0 Å². The Morgan fingerprint density at radius 1 is 1.15 bits per heavy atom. The number of amides is 1. The topological polar surface area (TPSA) is 83.0 Å². The molecule has 0 heterocycles. The number of aliphatic imine (C=N–C) groups is 1. The number of guanidine groups is 1. The molecule has 0 aliphatic rings. The lowest BCUT2D eigenvalue weighted by molar-refractivity contribution is -0.143. The van der Waals surface area contributed by atoms with Gasteiger partial charge in [0.15, 0.2) is 5.96 Å². The van der Waals surface area contributed by atoms with Gasteiger partial charge in [-0.15, -0.1) is 24.0 Å². The fourth-order valence-electron chi connectivity index (χ4n) is 2.10. The molecule has 7 nitrogen and oxygen atoms in total. The van der Waals surface area contributed by atoms with E-state index in [0.717, 1.165) is 5.56 Å². The van der Waals surface area contributed by atoms with Crippen molar-refractivity contribution in [1.82, 2.24) is 15.5 Å². The quantitative estimate of drug-likeness (QED) is 0.197. The molecule has 0 saturated carbocycles. The SMILES string of the molecule is CCOC(=O)CCCNC(=NC)NCc1ccc(C(=O)N(C)C)cc1.I. The maximum absolute atomic E-state index is 11.9. The van der Waals surface area contributed by atoms with E-state index in [9.17, 15) is 9.59 Å². The zero-order valence-corrected chi connectivity index (χ0v) is 18.2. The molecule has 0 bridgehead atoms. The summed E-state index contributed by atoms with van der Waals surface area (Å²) in [5.41, 5.74) is 1.71. The molecule has 0 aliphatic heterocycles. The number of carbonyl (C=O) groups excluding carboxylic acids is 2. The molecule has 0 atom stereocenters. The van der Waals surface area contributed by atoms with Gasteiger partial charge in [0, 0.05) is 46.2 Å². The summed E-state index contributed by atoms with van der Waals surface area (Å²) in [7, 11) is 5.16. The van der Waals surface area contributed by atoms with E-state index in [2.05, 4.69) is 15.6 Å². The summed E-state index contributed by atoms with van der Waals surface area (Å²) >= 11 is 0. The molecule has 0 aliphatic carbocycles. The summed E-state index contributed by atoms with van der Waals surface area (Å²) in [4.78, 5) is 28.8. The van der Waals surface area contributed by atoms with Gasteiger partial charge in [-0.1, -0.05) is 12.1 Å². The molecule has 0 spiro atoms. The number of ether oxygens (including phenoxy) is 1. The molecule has 0 radical (unpaired) electrons. The number of esters is 1. The summed E-state index contributed by atoms with van der Waals surface area (Å²) in [6.45, 7) is 3.43. The molecule has 146 valence electrons. The highest BCUT2D eigenvalue weighted by atomic mass is 127. The van der Waals surface area contributed by atoms with Crippen molar-refractivity contribution in [3.8, 4) is 0 Å². The Morgan fingerprint density at radius 3 is 2.35 bits per heavy atom. The Morgan fingerprint density at radius 2 is 1.81 bits per heavy atom. The van der Waals surface area contributed by atoms with Crippen LogP contribution in [0.15, 0.2) is 29.3 Å².